The summed E-state index contributed by atoms with van der Waals surface area (Å²) in [5.74, 6) is 6.33. The van der Waals surface area contributed by atoms with Gasteiger partial charge < -0.3 is 16.0 Å². The molecule has 0 aliphatic carbocycles. The van der Waals surface area contributed by atoms with Crippen LogP contribution in [0.3, 0.4) is 0 Å². The van der Waals surface area contributed by atoms with E-state index in [9.17, 15) is 18.0 Å². The predicted octanol–water partition coefficient (Wildman–Crippen LogP) is 5.46. The molecule has 4 aromatic rings. The Morgan fingerprint density at radius 2 is 1.79 bits per heavy atom. The number of piperidine rings is 1. The molecule has 0 spiro atoms. The molecule has 1 fully saturated rings. The fraction of sp³-hybridized carbons (Fsp3) is 0.333. The Morgan fingerprint density at radius 3 is 2.50 bits per heavy atom. The summed E-state index contributed by atoms with van der Waals surface area (Å²) in [4.78, 5) is 23.7. The SMILES string of the molecule is Cc1ccc(NC(=O)c2ccc(C)c(C(F)(F)F)c2)cc1C#Cc1nn(CC2CCN(C)CC2)c2ncnc(N)c12.Cl. The number of rotatable bonds is 4. The number of amides is 1. The molecule has 1 amide bonds. The third-order valence-electron chi connectivity index (χ3n) is 7.44. The van der Waals surface area contributed by atoms with Crippen LogP contribution in [0.25, 0.3) is 11.0 Å². The van der Waals surface area contributed by atoms with Gasteiger partial charge in [-0.1, -0.05) is 18.1 Å². The number of nitrogens with two attached hydrogens (primary N) is 1. The second-order valence-electron chi connectivity index (χ2n) is 10.5. The second kappa shape index (κ2) is 12.4. The van der Waals surface area contributed by atoms with Crippen molar-refractivity contribution in [1.82, 2.24) is 24.6 Å². The number of fused-ring (bicyclic) bond motifs is 1. The number of nitrogens with one attached hydrogen (secondary N) is 1. The fourth-order valence-corrected chi connectivity index (χ4v) is 4.97. The van der Waals surface area contributed by atoms with E-state index in [-0.39, 0.29) is 23.5 Å². The summed E-state index contributed by atoms with van der Waals surface area (Å²) in [6.07, 6.45) is -0.996. The molecule has 12 heteroatoms. The average Bonchev–Trinajstić information content (AvgIpc) is 3.28. The van der Waals surface area contributed by atoms with E-state index in [4.69, 9.17) is 10.8 Å². The van der Waals surface area contributed by atoms with E-state index in [1.807, 2.05) is 11.6 Å². The Morgan fingerprint density at radius 1 is 1.07 bits per heavy atom. The van der Waals surface area contributed by atoms with Crippen LogP contribution in [0, 0.1) is 31.6 Å². The first-order valence-corrected chi connectivity index (χ1v) is 13.3. The van der Waals surface area contributed by atoms with Crippen molar-refractivity contribution < 1.29 is 18.0 Å². The Labute approximate surface area is 247 Å². The monoisotopic (exact) mass is 597 g/mol. The number of carbonyl (C=O) groups excluding carboxylic acids is 1. The molecule has 1 aliphatic heterocycles. The number of alkyl halides is 3. The maximum atomic E-state index is 13.3. The van der Waals surface area contributed by atoms with Crippen molar-refractivity contribution in [2.45, 2.75) is 39.4 Å². The molecule has 42 heavy (non-hydrogen) atoms. The van der Waals surface area contributed by atoms with Gasteiger partial charge in [0.1, 0.15) is 17.8 Å². The number of nitrogen functional groups attached to an aromatic ring is 1. The van der Waals surface area contributed by atoms with Gasteiger partial charge in [0, 0.05) is 23.4 Å². The van der Waals surface area contributed by atoms with E-state index in [0.717, 1.165) is 37.6 Å². The number of hydrogen-bond donors (Lipinski definition) is 2. The average molecular weight is 598 g/mol. The first-order valence-electron chi connectivity index (χ1n) is 13.3. The minimum Gasteiger partial charge on any atom is -0.383 e. The molecular weight excluding hydrogens is 567 g/mol. The number of benzene rings is 2. The Bertz CT molecular complexity index is 1680. The largest absolute Gasteiger partial charge is 0.416 e. The lowest BCUT2D eigenvalue weighted by atomic mass is 9.97. The highest BCUT2D eigenvalue weighted by Gasteiger charge is 2.33. The second-order valence-corrected chi connectivity index (χ2v) is 10.5. The van der Waals surface area contributed by atoms with E-state index in [2.05, 4.69) is 39.1 Å². The minimum absolute atomic E-state index is 0. The van der Waals surface area contributed by atoms with Crippen LogP contribution in [0.2, 0.25) is 0 Å². The molecule has 8 nitrogen and oxygen atoms in total. The van der Waals surface area contributed by atoms with E-state index in [0.29, 0.717) is 46.3 Å². The zero-order valence-electron chi connectivity index (χ0n) is 23.4. The molecule has 1 aliphatic rings. The zero-order chi connectivity index (χ0) is 29.3. The predicted molar refractivity (Wildman–Crippen MR) is 158 cm³/mol. The number of likely N-dealkylation sites (tertiary alicyclic amines) is 1. The summed E-state index contributed by atoms with van der Waals surface area (Å²) in [7, 11) is 2.12. The van der Waals surface area contributed by atoms with E-state index in [1.54, 1.807) is 18.2 Å². The van der Waals surface area contributed by atoms with Gasteiger partial charge in [0.15, 0.2) is 5.65 Å². The lowest BCUT2D eigenvalue weighted by molar-refractivity contribution is -0.138. The van der Waals surface area contributed by atoms with Gasteiger partial charge >= 0.3 is 6.18 Å². The summed E-state index contributed by atoms with van der Waals surface area (Å²) in [6.45, 7) is 6.01. The minimum atomic E-state index is -4.55. The first-order chi connectivity index (χ1) is 19.5. The molecule has 0 unspecified atom stereocenters. The number of nitrogens with zero attached hydrogens (tertiary/aromatic N) is 5. The van der Waals surface area contributed by atoms with Crippen LogP contribution in [0.15, 0.2) is 42.7 Å². The summed E-state index contributed by atoms with van der Waals surface area (Å²) < 4.78 is 41.8. The maximum Gasteiger partial charge on any atom is 0.416 e. The molecule has 2 aromatic heterocycles. The Balaban J connectivity index is 0.00000405. The van der Waals surface area contributed by atoms with Crippen molar-refractivity contribution in [3.63, 3.8) is 0 Å². The van der Waals surface area contributed by atoms with Gasteiger partial charge in [-0.15, -0.1) is 12.4 Å². The van der Waals surface area contributed by atoms with Crippen LogP contribution in [-0.2, 0) is 12.7 Å². The zero-order valence-corrected chi connectivity index (χ0v) is 24.2. The summed E-state index contributed by atoms with van der Waals surface area (Å²) in [6, 6.07) is 8.65. The van der Waals surface area contributed by atoms with Crippen LogP contribution in [0.1, 0.15) is 51.1 Å². The standard InChI is InChI=1S/C30H30F3N7O.ClH/c1-18-5-8-23(37-29(41)22-6-4-19(2)24(15-22)30(31,32)33)14-21(18)7-9-25-26-27(34)35-17-36-28(26)40(38-25)16-20-10-12-39(3)13-11-20;/h4-6,8,14-15,17,20H,10-13,16H2,1-3H3,(H,37,41)(H2,34,35,36);1H. The van der Waals surface area contributed by atoms with E-state index >= 15 is 0 Å². The molecule has 220 valence electrons. The number of aromatic nitrogens is 4. The highest BCUT2D eigenvalue weighted by molar-refractivity contribution is 6.04. The van der Waals surface area contributed by atoms with E-state index < -0.39 is 17.6 Å². The highest BCUT2D eigenvalue weighted by atomic mass is 35.5. The van der Waals surface area contributed by atoms with Crippen LogP contribution in [-0.4, -0.2) is 50.7 Å². The molecule has 1 saturated heterocycles. The van der Waals surface area contributed by atoms with Crippen LogP contribution < -0.4 is 11.1 Å². The molecule has 5 rings (SSSR count). The van der Waals surface area contributed by atoms with E-state index in [1.165, 1.54) is 25.4 Å². The quantitative estimate of drug-likeness (QED) is 0.303. The summed E-state index contributed by atoms with van der Waals surface area (Å²) in [5.41, 5.74) is 8.29. The van der Waals surface area contributed by atoms with Crippen molar-refractivity contribution in [2.75, 3.05) is 31.2 Å². The third-order valence-corrected chi connectivity index (χ3v) is 7.44. The molecular formula is C30H31ClF3N7O. The molecule has 0 saturated carbocycles. The maximum absolute atomic E-state index is 13.3. The molecule has 0 atom stereocenters. The van der Waals surface area contributed by atoms with Gasteiger partial charge in [-0.2, -0.15) is 18.3 Å². The summed E-state index contributed by atoms with van der Waals surface area (Å²) in [5, 5.41) is 8.01. The van der Waals surface area contributed by atoms with Gasteiger partial charge in [0.25, 0.3) is 5.91 Å². The number of aryl methyl sites for hydroxylation is 2. The molecule has 0 bridgehead atoms. The van der Waals surface area contributed by atoms with Gasteiger partial charge in [0.05, 0.1) is 10.9 Å². The lowest BCUT2D eigenvalue weighted by Gasteiger charge is -2.28. The lowest BCUT2D eigenvalue weighted by Crippen LogP contribution is -2.32. The molecule has 3 heterocycles. The highest BCUT2D eigenvalue weighted by Crippen LogP contribution is 2.32. The first kappa shape index (κ1) is 30.8. The molecule has 3 N–H and O–H groups in total. The van der Waals surface area contributed by atoms with Crippen molar-refractivity contribution >= 4 is 40.9 Å². The van der Waals surface area contributed by atoms with Gasteiger partial charge in [-0.25, -0.2) is 14.6 Å². The van der Waals surface area contributed by atoms with Crippen LogP contribution in [0.5, 0.6) is 0 Å². The van der Waals surface area contributed by atoms with Gasteiger partial charge in [-0.3, -0.25) is 4.79 Å². The number of halogens is 4. The normalized spacial score (nSPS) is 14.2. The van der Waals surface area contributed by atoms with Gasteiger partial charge in [-0.05, 0) is 94.1 Å². The third kappa shape index (κ3) is 6.66. The van der Waals surface area contributed by atoms with Crippen molar-refractivity contribution in [3.8, 4) is 11.8 Å². The van der Waals surface area contributed by atoms with Crippen molar-refractivity contribution in [3.05, 3.63) is 76.2 Å². The smallest absolute Gasteiger partial charge is 0.383 e. The fourth-order valence-electron chi connectivity index (χ4n) is 4.97. The number of anilines is 2. The van der Waals surface area contributed by atoms with Crippen molar-refractivity contribution in [1.29, 1.82) is 0 Å². The number of hydrogen-bond acceptors (Lipinski definition) is 6. The van der Waals surface area contributed by atoms with Gasteiger partial charge in [0.2, 0.25) is 0 Å². The van der Waals surface area contributed by atoms with Crippen molar-refractivity contribution in [2.24, 2.45) is 5.92 Å². The van der Waals surface area contributed by atoms with Crippen LogP contribution >= 0.6 is 12.4 Å². The Hall–Kier alpha value is -4.14. The number of carbonyl (C=O) groups is 1. The van der Waals surface area contributed by atoms with Crippen LogP contribution in [0.4, 0.5) is 24.7 Å². The topological polar surface area (TPSA) is 102 Å². The molecule has 0 radical (unpaired) electrons. The Kier molecular flexibility index (Phi) is 9.09. The molecule has 2 aromatic carbocycles. The summed E-state index contributed by atoms with van der Waals surface area (Å²) >= 11 is 0.